The Kier molecular flexibility index (Phi) is 4.14. The van der Waals surface area contributed by atoms with Gasteiger partial charge in [0.05, 0.1) is 5.56 Å². The third-order valence-electron chi connectivity index (χ3n) is 3.10. The summed E-state index contributed by atoms with van der Waals surface area (Å²) >= 11 is 0. The van der Waals surface area contributed by atoms with Crippen LogP contribution in [0.4, 0.5) is 13.2 Å². The van der Waals surface area contributed by atoms with Crippen molar-refractivity contribution < 1.29 is 13.2 Å². The second-order valence-corrected chi connectivity index (χ2v) is 4.62. The van der Waals surface area contributed by atoms with Crippen LogP contribution in [0, 0.1) is 0 Å². The van der Waals surface area contributed by atoms with Gasteiger partial charge in [-0.2, -0.15) is 13.2 Å². The van der Waals surface area contributed by atoms with Crippen molar-refractivity contribution in [3.63, 3.8) is 0 Å². The maximum Gasteiger partial charge on any atom is 0.416 e. The predicted molar refractivity (Wildman–Crippen MR) is 68.5 cm³/mol. The van der Waals surface area contributed by atoms with Crippen molar-refractivity contribution in [1.29, 1.82) is 0 Å². The van der Waals surface area contributed by atoms with Gasteiger partial charge >= 0.3 is 6.18 Å². The molecule has 0 bridgehead atoms. The average Bonchev–Trinajstić information content (AvgIpc) is 3.18. The van der Waals surface area contributed by atoms with Gasteiger partial charge in [-0.25, -0.2) is 0 Å². The van der Waals surface area contributed by atoms with Crippen LogP contribution in [-0.4, -0.2) is 13.6 Å². The van der Waals surface area contributed by atoms with Gasteiger partial charge in [0, 0.05) is 18.8 Å². The molecule has 0 amide bonds. The van der Waals surface area contributed by atoms with E-state index in [-0.39, 0.29) is 12.1 Å². The summed E-state index contributed by atoms with van der Waals surface area (Å²) in [6.07, 6.45) is -2.20. The molecule has 1 aliphatic carbocycles. The van der Waals surface area contributed by atoms with E-state index in [0.29, 0.717) is 6.54 Å². The number of hydrogen-bond acceptors (Lipinski definition) is 2. The summed E-state index contributed by atoms with van der Waals surface area (Å²) in [7, 11) is 1.83. The molecule has 1 aliphatic rings. The minimum atomic E-state index is -4.30. The Hall–Kier alpha value is -1.49. The molecule has 5 heteroatoms. The van der Waals surface area contributed by atoms with E-state index in [1.54, 1.807) is 6.07 Å². The van der Waals surface area contributed by atoms with Crippen molar-refractivity contribution >= 4 is 0 Å². The van der Waals surface area contributed by atoms with Gasteiger partial charge in [0.1, 0.15) is 0 Å². The quantitative estimate of drug-likeness (QED) is 0.859. The van der Waals surface area contributed by atoms with Gasteiger partial charge in [-0.1, -0.05) is 18.2 Å². The fraction of sp³-hybridized carbons (Fsp3) is 0.429. The molecule has 0 radical (unpaired) electrons. The minimum absolute atomic E-state index is 0.205. The standard InChI is InChI=1S/C14H17F3N2/c1-18-9-13(10-6-7-10)19-8-11-4-2-3-5-12(11)14(15,16)17/h2-5,18-19H,6-9H2,1H3. The van der Waals surface area contributed by atoms with Crippen LogP contribution in [0.15, 0.2) is 35.5 Å². The van der Waals surface area contributed by atoms with E-state index >= 15 is 0 Å². The van der Waals surface area contributed by atoms with Gasteiger partial charge in [-0.05, 0) is 37.1 Å². The van der Waals surface area contributed by atoms with E-state index in [2.05, 4.69) is 10.6 Å². The zero-order valence-corrected chi connectivity index (χ0v) is 10.8. The van der Waals surface area contributed by atoms with Crippen LogP contribution < -0.4 is 10.6 Å². The molecule has 1 saturated carbocycles. The van der Waals surface area contributed by atoms with Gasteiger partial charge in [-0.3, -0.25) is 0 Å². The molecule has 104 valence electrons. The highest BCUT2D eigenvalue weighted by Gasteiger charge is 2.32. The first-order valence-electron chi connectivity index (χ1n) is 6.27. The summed E-state index contributed by atoms with van der Waals surface area (Å²) in [6, 6.07) is 5.69. The SMILES string of the molecule is CNCC(NCc1ccccc1C(F)(F)F)=C1CC1. The summed E-state index contributed by atoms with van der Waals surface area (Å²) in [5, 5.41) is 6.16. The normalized spacial score (nSPS) is 14.4. The Morgan fingerprint density at radius 2 is 1.89 bits per heavy atom. The fourth-order valence-corrected chi connectivity index (χ4v) is 2.01. The first kappa shape index (κ1) is 13.9. The Bertz CT molecular complexity index is 472. The molecule has 1 aromatic rings. The second-order valence-electron chi connectivity index (χ2n) is 4.62. The lowest BCUT2D eigenvalue weighted by Gasteiger charge is -2.15. The first-order chi connectivity index (χ1) is 9.02. The lowest BCUT2D eigenvalue weighted by Crippen LogP contribution is -2.24. The maximum atomic E-state index is 12.8. The number of benzene rings is 1. The Morgan fingerprint density at radius 1 is 1.21 bits per heavy atom. The number of allylic oxidation sites excluding steroid dienone is 1. The number of hydrogen-bond donors (Lipinski definition) is 2. The molecule has 0 spiro atoms. The van der Waals surface area contributed by atoms with Crippen LogP contribution in [0.1, 0.15) is 24.0 Å². The molecule has 2 N–H and O–H groups in total. The second kappa shape index (κ2) is 5.65. The molecule has 0 aliphatic heterocycles. The monoisotopic (exact) mass is 270 g/mol. The molecule has 1 fully saturated rings. The molecule has 2 nitrogen and oxygen atoms in total. The lowest BCUT2D eigenvalue weighted by atomic mass is 10.1. The Balaban J connectivity index is 2.10. The van der Waals surface area contributed by atoms with E-state index < -0.39 is 11.7 Å². The van der Waals surface area contributed by atoms with Crippen LogP contribution in [0.3, 0.4) is 0 Å². The number of nitrogens with one attached hydrogen (secondary N) is 2. The Morgan fingerprint density at radius 3 is 2.47 bits per heavy atom. The molecule has 0 unspecified atom stereocenters. The third kappa shape index (κ3) is 3.73. The number of likely N-dealkylation sites (N-methyl/N-ethyl adjacent to an activating group) is 1. The molecule has 0 saturated heterocycles. The molecular weight excluding hydrogens is 253 g/mol. The van der Waals surface area contributed by atoms with Crippen LogP contribution in [0.2, 0.25) is 0 Å². The van der Waals surface area contributed by atoms with Crippen molar-refractivity contribution in [1.82, 2.24) is 10.6 Å². The molecule has 0 atom stereocenters. The molecule has 0 aromatic heterocycles. The zero-order valence-electron chi connectivity index (χ0n) is 10.8. The van der Waals surface area contributed by atoms with Crippen LogP contribution in [0.5, 0.6) is 0 Å². The van der Waals surface area contributed by atoms with Gasteiger partial charge < -0.3 is 10.6 Å². The third-order valence-corrected chi connectivity index (χ3v) is 3.10. The van der Waals surface area contributed by atoms with E-state index in [0.717, 1.165) is 24.6 Å². The van der Waals surface area contributed by atoms with Gasteiger partial charge in [0.25, 0.3) is 0 Å². The van der Waals surface area contributed by atoms with Crippen LogP contribution >= 0.6 is 0 Å². The van der Waals surface area contributed by atoms with Crippen molar-refractivity contribution in [2.75, 3.05) is 13.6 Å². The van der Waals surface area contributed by atoms with Crippen molar-refractivity contribution in [2.45, 2.75) is 25.6 Å². The maximum absolute atomic E-state index is 12.8. The van der Waals surface area contributed by atoms with Crippen LogP contribution in [0.25, 0.3) is 0 Å². The summed E-state index contributed by atoms with van der Waals surface area (Å²) < 4.78 is 38.5. The fourth-order valence-electron chi connectivity index (χ4n) is 2.01. The van der Waals surface area contributed by atoms with E-state index in [1.807, 2.05) is 7.05 Å². The van der Waals surface area contributed by atoms with Crippen molar-refractivity contribution in [3.05, 3.63) is 46.7 Å². The van der Waals surface area contributed by atoms with Gasteiger partial charge in [0.2, 0.25) is 0 Å². The molecule has 0 heterocycles. The van der Waals surface area contributed by atoms with Crippen LogP contribution in [-0.2, 0) is 12.7 Å². The van der Waals surface area contributed by atoms with Crippen molar-refractivity contribution in [2.24, 2.45) is 0 Å². The highest BCUT2D eigenvalue weighted by Crippen LogP contribution is 2.33. The summed E-state index contributed by atoms with van der Waals surface area (Å²) in [6.45, 7) is 0.875. The number of rotatable bonds is 5. The van der Waals surface area contributed by atoms with Gasteiger partial charge in [-0.15, -0.1) is 0 Å². The Labute approximate surface area is 110 Å². The smallest absolute Gasteiger partial charge is 0.383 e. The number of halogens is 3. The summed E-state index contributed by atoms with van der Waals surface area (Å²) in [5.74, 6) is 0. The topological polar surface area (TPSA) is 24.1 Å². The highest BCUT2D eigenvalue weighted by molar-refractivity contribution is 5.31. The molecule has 19 heavy (non-hydrogen) atoms. The van der Waals surface area contributed by atoms with E-state index in [1.165, 1.54) is 17.7 Å². The highest BCUT2D eigenvalue weighted by atomic mass is 19.4. The largest absolute Gasteiger partial charge is 0.416 e. The molecule has 1 aromatic carbocycles. The lowest BCUT2D eigenvalue weighted by molar-refractivity contribution is -0.138. The van der Waals surface area contributed by atoms with Gasteiger partial charge in [0.15, 0.2) is 0 Å². The predicted octanol–water partition coefficient (Wildman–Crippen LogP) is 3.06. The minimum Gasteiger partial charge on any atom is -0.383 e. The van der Waals surface area contributed by atoms with E-state index in [4.69, 9.17) is 0 Å². The molecule has 2 rings (SSSR count). The average molecular weight is 270 g/mol. The van der Waals surface area contributed by atoms with E-state index in [9.17, 15) is 13.2 Å². The summed E-state index contributed by atoms with van der Waals surface area (Å²) in [5.41, 5.74) is 2.05. The van der Waals surface area contributed by atoms with Crippen molar-refractivity contribution in [3.8, 4) is 0 Å². The summed E-state index contributed by atoms with van der Waals surface area (Å²) in [4.78, 5) is 0. The first-order valence-corrected chi connectivity index (χ1v) is 6.27. The molecular formula is C14H17F3N2. The zero-order chi connectivity index (χ0) is 13.9. The number of alkyl halides is 3.